The maximum atomic E-state index is 4.60. The monoisotopic (exact) mass is 249 g/mol. The molecule has 1 heterocycles. The van der Waals surface area contributed by atoms with Crippen molar-refractivity contribution in [3.05, 3.63) is 18.0 Å². The van der Waals surface area contributed by atoms with Gasteiger partial charge in [0.2, 0.25) is 0 Å². The Labute approximate surface area is 111 Å². The minimum absolute atomic E-state index is 0.454. The molecule has 1 N–H and O–H groups in total. The van der Waals surface area contributed by atoms with Gasteiger partial charge in [0.15, 0.2) is 0 Å². The fourth-order valence-corrected chi connectivity index (χ4v) is 2.79. The third kappa shape index (κ3) is 3.58. The molecule has 1 aliphatic carbocycles. The standard InChI is InChI=1S/C15H27N3/c1-12(2)18-10-9-14(17-18)11-16-15-8-6-4-5-7-13(15)3/h9-10,12-13,15-16H,4-8,11H2,1-3H3. The molecule has 0 amide bonds. The normalized spacial score (nSPS) is 25.3. The highest BCUT2D eigenvalue weighted by atomic mass is 15.3. The summed E-state index contributed by atoms with van der Waals surface area (Å²) >= 11 is 0. The van der Waals surface area contributed by atoms with Crippen LogP contribution in [0.4, 0.5) is 0 Å². The summed E-state index contributed by atoms with van der Waals surface area (Å²) in [7, 11) is 0. The maximum absolute atomic E-state index is 4.60. The average Bonchev–Trinajstić information content (AvgIpc) is 2.72. The van der Waals surface area contributed by atoms with Crippen LogP contribution < -0.4 is 5.32 Å². The Morgan fingerprint density at radius 2 is 2.11 bits per heavy atom. The molecule has 1 fully saturated rings. The van der Waals surface area contributed by atoms with E-state index in [1.807, 2.05) is 4.68 Å². The van der Waals surface area contributed by atoms with Gasteiger partial charge in [-0.2, -0.15) is 5.10 Å². The first-order valence-corrected chi connectivity index (χ1v) is 7.44. The van der Waals surface area contributed by atoms with Crippen LogP contribution in [-0.2, 0) is 6.54 Å². The highest BCUT2D eigenvalue weighted by Gasteiger charge is 2.19. The zero-order valence-corrected chi connectivity index (χ0v) is 12.0. The van der Waals surface area contributed by atoms with E-state index < -0.39 is 0 Å². The van der Waals surface area contributed by atoms with Crippen LogP contribution in [0.5, 0.6) is 0 Å². The molecular weight excluding hydrogens is 222 g/mol. The van der Waals surface area contributed by atoms with E-state index >= 15 is 0 Å². The topological polar surface area (TPSA) is 29.9 Å². The minimum Gasteiger partial charge on any atom is -0.308 e. The summed E-state index contributed by atoms with van der Waals surface area (Å²) in [6, 6.07) is 3.27. The molecule has 0 aromatic carbocycles. The van der Waals surface area contributed by atoms with Gasteiger partial charge in [0.1, 0.15) is 0 Å². The second-order valence-electron chi connectivity index (χ2n) is 5.98. The van der Waals surface area contributed by atoms with Gasteiger partial charge < -0.3 is 5.32 Å². The summed E-state index contributed by atoms with van der Waals surface area (Å²) in [6.45, 7) is 7.62. The van der Waals surface area contributed by atoms with Crippen LogP contribution in [0.1, 0.15) is 64.6 Å². The molecule has 102 valence electrons. The third-order valence-corrected chi connectivity index (χ3v) is 4.10. The van der Waals surface area contributed by atoms with Crippen LogP contribution in [0.3, 0.4) is 0 Å². The van der Waals surface area contributed by atoms with Crippen LogP contribution in [0.25, 0.3) is 0 Å². The van der Waals surface area contributed by atoms with Crippen molar-refractivity contribution in [2.24, 2.45) is 5.92 Å². The van der Waals surface area contributed by atoms with Crippen molar-refractivity contribution < 1.29 is 0 Å². The Hall–Kier alpha value is -0.830. The molecule has 3 heteroatoms. The molecule has 0 bridgehead atoms. The van der Waals surface area contributed by atoms with Crippen molar-refractivity contribution in [1.82, 2.24) is 15.1 Å². The molecule has 1 aromatic rings. The van der Waals surface area contributed by atoms with E-state index in [1.165, 1.54) is 37.8 Å². The Kier molecular flexibility index (Phi) is 4.81. The summed E-state index contributed by atoms with van der Waals surface area (Å²) in [5.41, 5.74) is 1.17. The molecule has 0 aliphatic heterocycles. The van der Waals surface area contributed by atoms with Gasteiger partial charge in [0.25, 0.3) is 0 Å². The zero-order chi connectivity index (χ0) is 13.0. The van der Waals surface area contributed by atoms with Crippen LogP contribution in [-0.4, -0.2) is 15.8 Å². The van der Waals surface area contributed by atoms with Gasteiger partial charge in [-0.25, -0.2) is 0 Å². The van der Waals surface area contributed by atoms with E-state index in [4.69, 9.17) is 0 Å². The third-order valence-electron chi connectivity index (χ3n) is 4.10. The second kappa shape index (κ2) is 6.37. The molecule has 0 radical (unpaired) electrons. The SMILES string of the molecule is CC1CCCCCC1NCc1ccn(C(C)C)n1. The van der Waals surface area contributed by atoms with E-state index in [1.54, 1.807) is 0 Å². The van der Waals surface area contributed by atoms with Crippen molar-refractivity contribution >= 4 is 0 Å². The van der Waals surface area contributed by atoms with Crippen LogP contribution in [0.15, 0.2) is 12.3 Å². The predicted octanol–water partition coefficient (Wildman–Crippen LogP) is 3.52. The lowest BCUT2D eigenvalue weighted by molar-refractivity contribution is 0.353. The number of nitrogens with zero attached hydrogens (tertiary/aromatic N) is 2. The van der Waals surface area contributed by atoms with Crippen molar-refractivity contribution in [3.63, 3.8) is 0 Å². The van der Waals surface area contributed by atoms with E-state index in [0.29, 0.717) is 12.1 Å². The first-order chi connectivity index (χ1) is 8.66. The van der Waals surface area contributed by atoms with Crippen molar-refractivity contribution in [2.75, 3.05) is 0 Å². The Balaban J connectivity index is 1.85. The molecule has 1 aromatic heterocycles. The van der Waals surface area contributed by atoms with Gasteiger partial charge in [0.05, 0.1) is 5.69 Å². The highest BCUT2D eigenvalue weighted by molar-refractivity contribution is 4.99. The Morgan fingerprint density at radius 3 is 2.83 bits per heavy atom. The quantitative estimate of drug-likeness (QED) is 0.827. The van der Waals surface area contributed by atoms with Gasteiger partial charge in [-0.3, -0.25) is 4.68 Å². The van der Waals surface area contributed by atoms with Crippen molar-refractivity contribution in [3.8, 4) is 0 Å². The lowest BCUT2D eigenvalue weighted by atomic mass is 9.97. The Bertz CT molecular complexity index is 356. The number of aromatic nitrogens is 2. The summed E-state index contributed by atoms with van der Waals surface area (Å²) in [5.74, 6) is 0.805. The molecule has 2 unspecified atom stereocenters. The fourth-order valence-electron chi connectivity index (χ4n) is 2.79. The molecule has 0 spiro atoms. The van der Waals surface area contributed by atoms with Gasteiger partial charge in [-0.05, 0) is 38.7 Å². The zero-order valence-electron chi connectivity index (χ0n) is 12.0. The van der Waals surface area contributed by atoms with E-state index in [-0.39, 0.29) is 0 Å². The van der Waals surface area contributed by atoms with E-state index in [9.17, 15) is 0 Å². The molecule has 2 rings (SSSR count). The summed E-state index contributed by atoms with van der Waals surface area (Å²) in [5, 5.41) is 8.30. The average molecular weight is 249 g/mol. The molecular formula is C15H27N3. The molecule has 0 saturated heterocycles. The smallest absolute Gasteiger partial charge is 0.0762 e. The molecule has 1 aliphatic rings. The van der Waals surface area contributed by atoms with Gasteiger partial charge in [-0.1, -0.05) is 26.2 Å². The van der Waals surface area contributed by atoms with Crippen LogP contribution in [0.2, 0.25) is 0 Å². The molecule has 18 heavy (non-hydrogen) atoms. The molecule has 3 nitrogen and oxygen atoms in total. The first kappa shape index (κ1) is 13.6. The van der Waals surface area contributed by atoms with E-state index in [0.717, 1.165) is 12.5 Å². The Morgan fingerprint density at radius 1 is 1.33 bits per heavy atom. The summed E-state index contributed by atoms with van der Waals surface area (Å²) in [6.07, 6.45) is 8.97. The number of rotatable bonds is 4. The summed E-state index contributed by atoms with van der Waals surface area (Å²) < 4.78 is 2.04. The lowest BCUT2D eigenvalue weighted by Gasteiger charge is -2.22. The van der Waals surface area contributed by atoms with Crippen LogP contribution in [0, 0.1) is 5.92 Å². The first-order valence-electron chi connectivity index (χ1n) is 7.44. The maximum Gasteiger partial charge on any atom is 0.0762 e. The highest BCUT2D eigenvalue weighted by Crippen LogP contribution is 2.23. The fraction of sp³-hybridized carbons (Fsp3) is 0.800. The number of hydrogen-bond acceptors (Lipinski definition) is 2. The predicted molar refractivity (Wildman–Crippen MR) is 75.5 cm³/mol. The van der Waals surface area contributed by atoms with Crippen molar-refractivity contribution in [2.45, 2.75) is 71.5 Å². The lowest BCUT2D eigenvalue weighted by Crippen LogP contribution is -2.33. The van der Waals surface area contributed by atoms with Crippen molar-refractivity contribution in [1.29, 1.82) is 0 Å². The van der Waals surface area contributed by atoms with Gasteiger partial charge in [0, 0.05) is 24.8 Å². The number of hydrogen-bond donors (Lipinski definition) is 1. The summed E-state index contributed by atoms with van der Waals surface area (Å²) in [4.78, 5) is 0. The van der Waals surface area contributed by atoms with Gasteiger partial charge in [-0.15, -0.1) is 0 Å². The van der Waals surface area contributed by atoms with Crippen LogP contribution >= 0.6 is 0 Å². The van der Waals surface area contributed by atoms with Gasteiger partial charge >= 0.3 is 0 Å². The number of nitrogens with one attached hydrogen (secondary N) is 1. The minimum atomic E-state index is 0.454. The second-order valence-corrected chi connectivity index (χ2v) is 5.98. The molecule has 2 atom stereocenters. The molecule has 1 saturated carbocycles. The van der Waals surface area contributed by atoms with E-state index in [2.05, 4.69) is 43.4 Å². The largest absolute Gasteiger partial charge is 0.308 e.